The quantitative estimate of drug-likeness (QED) is 0.761. The molecule has 0 aliphatic carbocycles. The Balaban J connectivity index is 2.67. The van der Waals surface area contributed by atoms with E-state index < -0.39 is 37.2 Å². The van der Waals surface area contributed by atoms with Crippen molar-refractivity contribution in [1.29, 1.82) is 0 Å². The van der Waals surface area contributed by atoms with E-state index in [2.05, 4.69) is 5.32 Å². The van der Waals surface area contributed by atoms with Crippen LogP contribution in [0.1, 0.15) is 0 Å². The number of rotatable bonds is 4. The molecule has 0 aromatic rings. The van der Waals surface area contributed by atoms with E-state index in [1.54, 1.807) is 0 Å². The standard InChI is InChI=1S/C8H11F3N2O3S/c9-8(10,11)3-13(1-6(14)15)7(16)5-2-17-4-12-5/h5,12H,1-4H2,(H,14,15). The number of aliphatic carboxylic acids is 1. The lowest BCUT2D eigenvalue weighted by molar-refractivity contribution is -0.166. The van der Waals surface area contributed by atoms with E-state index >= 15 is 0 Å². The van der Waals surface area contributed by atoms with Crippen LogP contribution in [0.3, 0.4) is 0 Å². The number of carboxylic acids is 1. The summed E-state index contributed by atoms with van der Waals surface area (Å²) in [7, 11) is 0. The van der Waals surface area contributed by atoms with Crippen molar-refractivity contribution < 1.29 is 27.9 Å². The van der Waals surface area contributed by atoms with E-state index in [1.807, 2.05) is 0 Å². The Morgan fingerprint density at radius 3 is 2.53 bits per heavy atom. The van der Waals surface area contributed by atoms with Gasteiger partial charge in [0, 0.05) is 11.6 Å². The van der Waals surface area contributed by atoms with Crippen LogP contribution in [-0.2, 0) is 9.59 Å². The number of amides is 1. The van der Waals surface area contributed by atoms with Gasteiger partial charge in [-0.3, -0.25) is 14.9 Å². The van der Waals surface area contributed by atoms with Crippen LogP contribution in [0.2, 0.25) is 0 Å². The molecule has 1 fully saturated rings. The molecule has 9 heteroatoms. The smallest absolute Gasteiger partial charge is 0.406 e. The second-order valence-corrected chi connectivity index (χ2v) is 4.51. The molecule has 17 heavy (non-hydrogen) atoms. The summed E-state index contributed by atoms with van der Waals surface area (Å²) in [6.45, 7) is -2.48. The highest BCUT2D eigenvalue weighted by Gasteiger charge is 2.37. The van der Waals surface area contributed by atoms with Crippen LogP contribution in [0.5, 0.6) is 0 Å². The molecule has 0 spiro atoms. The molecule has 0 radical (unpaired) electrons. The fourth-order valence-corrected chi connectivity index (χ4v) is 2.30. The maximum Gasteiger partial charge on any atom is 0.406 e. The van der Waals surface area contributed by atoms with Gasteiger partial charge in [0.05, 0.1) is 6.04 Å². The summed E-state index contributed by atoms with van der Waals surface area (Å²) in [4.78, 5) is 22.4. The Morgan fingerprint density at radius 2 is 2.12 bits per heavy atom. The van der Waals surface area contributed by atoms with Gasteiger partial charge in [-0.1, -0.05) is 0 Å². The maximum atomic E-state index is 12.2. The Morgan fingerprint density at radius 1 is 1.47 bits per heavy atom. The molecule has 1 aliphatic heterocycles. The number of thioether (sulfide) groups is 1. The highest BCUT2D eigenvalue weighted by Crippen LogP contribution is 2.18. The first-order valence-corrected chi connectivity index (χ1v) is 5.83. The molecule has 1 heterocycles. The normalized spacial score (nSPS) is 20.3. The van der Waals surface area contributed by atoms with Crippen LogP contribution >= 0.6 is 11.8 Å². The molecular formula is C8H11F3N2O3S. The number of nitrogens with zero attached hydrogens (tertiary/aromatic N) is 1. The maximum absolute atomic E-state index is 12.2. The van der Waals surface area contributed by atoms with Gasteiger partial charge in [0.25, 0.3) is 0 Å². The summed E-state index contributed by atoms with van der Waals surface area (Å²) < 4.78 is 36.6. The van der Waals surface area contributed by atoms with Gasteiger partial charge >= 0.3 is 12.1 Å². The summed E-state index contributed by atoms with van der Waals surface area (Å²) in [5, 5.41) is 11.2. The predicted molar refractivity (Wildman–Crippen MR) is 54.5 cm³/mol. The third-order valence-corrected chi connectivity index (χ3v) is 2.96. The van der Waals surface area contributed by atoms with Crippen LogP contribution < -0.4 is 5.32 Å². The van der Waals surface area contributed by atoms with Gasteiger partial charge < -0.3 is 10.0 Å². The Hall–Kier alpha value is -0.960. The van der Waals surface area contributed by atoms with Crippen LogP contribution in [-0.4, -0.2) is 58.8 Å². The molecule has 98 valence electrons. The fraction of sp³-hybridized carbons (Fsp3) is 0.750. The van der Waals surface area contributed by atoms with E-state index in [1.165, 1.54) is 11.8 Å². The minimum Gasteiger partial charge on any atom is -0.480 e. The minimum atomic E-state index is -4.60. The third-order valence-electron chi connectivity index (χ3n) is 2.02. The number of carboxylic acid groups (broad SMARTS) is 1. The van der Waals surface area contributed by atoms with E-state index in [4.69, 9.17) is 5.11 Å². The monoisotopic (exact) mass is 272 g/mol. The summed E-state index contributed by atoms with van der Waals surface area (Å²) in [5.74, 6) is -1.46. The SMILES string of the molecule is O=C(O)CN(CC(F)(F)F)C(=O)C1CSCN1. The number of carbonyl (C=O) groups is 2. The van der Waals surface area contributed by atoms with E-state index in [-0.39, 0.29) is 0 Å². The average molecular weight is 272 g/mol. The first-order chi connectivity index (χ1) is 7.79. The lowest BCUT2D eigenvalue weighted by Gasteiger charge is -2.24. The molecular weight excluding hydrogens is 261 g/mol. The Bertz CT molecular complexity index is 305. The summed E-state index contributed by atoms with van der Waals surface area (Å²) in [6, 6.07) is -0.735. The molecule has 1 rings (SSSR count). The molecule has 1 atom stereocenters. The van der Waals surface area contributed by atoms with Gasteiger partial charge in [-0.25, -0.2) is 0 Å². The number of carbonyl (C=O) groups excluding carboxylic acids is 1. The summed E-state index contributed by atoms with van der Waals surface area (Å²) >= 11 is 1.38. The van der Waals surface area contributed by atoms with E-state index in [9.17, 15) is 22.8 Å². The highest BCUT2D eigenvalue weighted by molar-refractivity contribution is 7.99. The van der Waals surface area contributed by atoms with Crippen molar-refractivity contribution in [2.45, 2.75) is 12.2 Å². The number of hydrogen-bond donors (Lipinski definition) is 2. The van der Waals surface area contributed by atoms with Crippen molar-refractivity contribution in [3.8, 4) is 0 Å². The van der Waals surface area contributed by atoms with E-state index in [0.717, 1.165) is 0 Å². The molecule has 1 amide bonds. The van der Waals surface area contributed by atoms with Crippen LogP contribution in [0.25, 0.3) is 0 Å². The molecule has 0 aromatic heterocycles. The van der Waals surface area contributed by atoms with Crippen molar-refractivity contribution in [2.75, 3.05) is 24.7 Å². The van der Waals surface area contributed by atoms with Crippen LogP contribution in [0.4, 0.5) is 13.2 Å². The zero-order valence-corrected chi connectivity index (χ0v) is 9.48. The van der Waals surface area contributed by atoms with Crippen molar-refractivity contribution in [1.82, 2.24) is 10.2 Å². The first-order valence-electron chi connectivity index (χ1n) is 4.68. The zero-order valence-electron chi connectivity index (χ0n) is 8.66. The molecule has 0 aromatic carbocycles. The van der Waals surface area contributed by atoms with Crippen LogP contribution in [0.15, 0.2) is 0 Å². The fourth-order valence-electron chi connectivity index (χ4n) is 1.37. The van der Waals surface area contributed by atoms with Gasteiger partial charge in [-0.15, -0.1) is 11.8 Å². The number of halogens is 3. The second-order valence-electron chi connectivity index (χ2n) is 3.48. The minimum absolute atomic E-state index is 0.311. The largest absolute Gasteiger partial charge is 0.480 e. The lowest BCUT2D eigenvalue weighted by atomic mass is 10.3. The molecule has 1 aliphatic rings. The topological polar surface area (TPSA) is 69.6 Å². The third kappa shape index (κ3) is 4.82. The Kier molecular flexibility index (Phi) is 4.63. The number of hydrogen-bond acceptors (Lipinski definition) is 4. The zero-order chi connectivity index (χ0) is 13.1. The van der Waals surface area contributed by atoms with Crippen LogP contribution in [0, 0.1) is 0 Å². The van der Waals surface area contributed by atoms with Gasteiger partial charge in [-0.05, 0) is 0 Å². The van der Waals surface area contributed by atoms with E-state index in [0.29, 0.717) is 16.5 Å². The lowest BCUT2D eigenvalue weighted by Crippen LogP contribution is -2.50. The van der Waals surface area contributed by atoms with Crippen molar-refractivity contribution >= 4 is 23.6 Å². The number of nitrogens with one attached hydrogen (secondary N) is 1. The van der Waals surface area contributed by atoms with Gasteiger partial charge in [0.2, 0.25) is 5.91 Å². The second kappa shape index (κ2) is 5.58. The molecule has 0 bridgehead atoms. The average Bonchev–Trinajstić information content (AvgIpc) is 2.65. The molecule has 2 N–H and O–H groups in total. The van der Waals surface area contributed by atoms with Crippen molar-refractivity contribution in [3.05, 3.63) is 0 Å². The molecule has 0 saturated carbocycles. The molecule has 1 unspecified atom stereocenters. The molecule has 1 saturated heterocycles. The number of alkyl halides is 3. The van der Waals surface area contributed by atoms with Crippen molar-refractivity contribution in [2.24, 2.45) is 0 Å². The predicted octanol–water partition coefficient (Wildman–Crippen LogP) is 0.124. The molecule has 5 nitrogen and oxygen atoms in total. The summed E-state index contributed by atoms with van der Waals surface area (Å²) in [6.07, 6.45) is -4.60. The van der Waals surface area contributed by atoms with Gasteiger partial charge in [-0.2, -0.15) is 13.2 Å². The van der Waals surface area contributed by atoms with Gasteiger partial charge in [0.1, 0.15) is 13.1 Å². The Labute approximate surface area is 99.3 Å². The summed E-state index contributed by atoms with van der Waals surface area (Å²) in [5.41, 5.74) is 0. The first kappa shape index (κ1) is 14.1. The highest BCUT2D eigenvalue weighted by atomic mass is 32.2. The van der Waals surface area contributed by atoms with Crippen molar-refractivity contribution in [3.63, 3.8) is 0 Å². The van der Waals surface area contributed by atoms with Gasteiger partial charge in [0.15, 0.2) is 0 Å².